The third-order valence-electron chi connectivity index (χ3n) is 7.15. The van der Waals surface area contributed by atoms with Gasteiger partial charge in [0.15, 0.2) is 0 Å². The van der Waals surface area contributed by atoms with Crippen LogP contribution in [0.25, 0.3) is 0 Å². The van der Waals surface area contributed by atoms with E-state index in [1.807, 2.05) is 23.1 Å². The Bertz CT molecular complexity index is 826. The fourth-order valence-corrected chi connectivity index (χ4v) is 5.09. The van der Waals surface area contributed by atoms with Gasteiger partial charge >= 0.3 is 5.97 Å². The molecule has 182 valence electrons. The molecule has 1 aromatic rings. The number of nitrogens with zero attached hydrogens (tertiary/aromatic N) is 2. The van der Waals surface area contributed by atoms with Gasteiger partial charge in [-0.2, -0.15) is 0 Å². The smallest absolute Gasteiger partial charge is 0.312 e. The maximum Gasteiger partial charge on any atom is 0.312 e. The van der Waals surface area contributed by atoms with E-state index in [0.29, 0.717) is 31.8 Å². The normalized spacial score (nSPS) is 23.2. The van der Waals surface area contributed by atoms with Gasteiger partial charge in [0.2, 0.25) is 0 Å². The first-order valence-corrected chi connectivity index (χ1v) is 11.9. The van der Waals surface area contributed by atoms with Crippen LogP contribution in [0, 0.1) is 5.41 Å². The number of rotatable bonds is 4. The summed E-state index contributed by atoms with van der Waals surface area (Å²) in [7, 11) is 0. The van der Waals surface area contributed by atoms with Crippen LogP contribution in [-0.2, 0) is 14.3 Å². The summed E-state index contributed by atoms with van der Waals surface area (Å²) in [6, 6.07) is 7.89. The Morgan fingerprint density at radius 1 is 1.21 bits per heavy atom. The molecule has 33 heavy (non-hydrogen) atoms. The van der Waals surface area contributed by atoms with Gasteiger partial charge in [-0.15, -0.1) is 0 Å². The maximum absolute atomic E-state index is 13.0. The lowest BCUT2D eigenvalue weighted by Crippen LogP contribution is -2.45. The third-order valence-corrected chi connectivity index (χ3v) is 7.15. The lowest BCUT2D eigenvalue weighted by molar-refractivity contribution is -0.151. The minimum atomic E-state index is -0.434. The molecule has 0 aliphatic carbocycles. The van der Waals surface area contributed by atoms with E-state index in [4.69, 9.17) is 14.6 Å². The number of benzene rings is 1. The van der Waals surface area contributed by atoms with Crippen molar-refractivity contribution >= 4 is 18.3 Å². The number of carbonyl (C=O) groups excluding carboxylic acids is 2. The van der Waals surface area contributed by atoms with Crippen molar-refractivity contribution in [2.75, 3.05) is 32.7 Å². The zero-order chi connectivity index (χ0) is 24.0. The van der Waals surface area contributed by atoms with Crippen LogP contribution in [0.1, 0.15) is 67.8 Å². The summed E-state index contributed by atoms with van der Waals surface area (Å²) in [6.07, 6.45) is 3.42. The minimum Gasteiger partial charge on any atom is -0.483 e. The zero-order valence-electron chi connectivity index (χ0n) is 19.6. The van der Waals surface area contributed by atoms with Crippen molar-refractivity contribution in [1.29, 1.82) is 0 Å². The van der Waals surface area contributed by atoms with E-state index in [9.17, 15) is 14.7 Å². The topological polar surface area (TPSA) is 107 Å². The summed E-state index contributed by atoms with van der Waals surface area (Å²) in [4.78, 5) is 38.3. The number of aliphatic hydroxyl groups is 1. The number of carbonyl (C=O) groups is 3. The standard InChI is InChI=1S/C24H34N2O4.CH2O2/c1-17(2)18-4-3-5-19(14-18)22(28)26-12-8-24(9-13-26)15-21(30-23(24)29)16-25-10-6-20(27)7-11-25;2-1-3/h3-5,14,17,20-21,27H,6-13,15-16H2,1-2H3;1H,(H,2,3). The number of cyclic esters (lactones) is 1. The lowest BCUT2D eigenvalue weighted by atomic mass is 9.76. The van der Waals surface area contributed by atoms with Crippen LogP contribution in [0.3, 0.4) is 0 Å². The van der Waals surface area contributed by atoms with E-state index >= 15 is 0 Å². The number of hydrogen-bond donors (Lipinski definition) is 2. The van der Waals surface area contributed by atoms with E-state index in [0.717, 1.165) is 44.5 Å². The van der Waals surface area contributed by atoms with E-state index in [2.05, 4.69) is 24.8 Å². The largest absolute Gasteiger partial charge is 0.483 e. The molecule has 1 amide bonds. The first-order chi connectivity index (χ1) is 15.8. The summed E-state index contributed by atoms with van der Waals surface area (Å²) in [5, 5.41) is 16.6. The average molecular weight is 461 g/mol. The molecule has 1 spiro atoms. The molecule has 0 saturated carbocycles. The predicted molar refractivity (Wildman–Crippen MR) is 123 cm³/mol. The Kier molecular flexibility index (Phi) is 8.48. The molecule has 3 aliphatic rings. The monoisotopic (exact) mass is 460 g/mol. The van der Waals surface area contributed by atoms with Gasteiger partial charge in [-0.05, 0) is 49.3 Å². The molecule has 3 heterocycles. The van der Waals surface area contributed by atoms with E-state index in [1.165, 1.54) is 5.56 Å². The van der Waals surface area contributed by atoms with Gasteiger partial charge in [-0.3, -0.25) is 19.3 Å². The molecule has 0 radical (unpaired) electrons. The Balaban J connectivity index is 0.000000968. The SMILES string of the molecule is CC(C)c1cccc(C(=O)N2CCC3(CC2)CC(CN2CCC(O)CC2)OC3=O)c1.O=CO. The molecular weight excluding hydrogens is 424 g/mol. The van der Waals surface area contributed by atoms with Crippen LogP contribution in [0.5, 0.6) is 0 Å². The average Bonchev–Trinajstić information content (AvgIpc) is 3.10. The fourth-order valence-electron chi connectivity index (χ4n) is 5.09. The van der Waals surface area contributed by atoms with Gasteiger partial charge in [0.25, 0.3) is 12.4 Å². The number of carboxylic acid groups (broad SMARTS) is 1. The van der Waals surface area contributed by atoms with Gasteiger partial charge in [0.05, 0.1) is 11.5 Å². The number of aliphatic hydroxyl groups excluding tert-OH is 1. The molecule has 8 nitrogen and oxygen atoms in total. The highest BCUT2D eigenvalue weighted by Crippen LogP contribution is 2.43. The number of ether oxygens (including phenoxy) is 1. The molecule has 8 heteroatoms. The Morgan fingerprint density at radius 3 is 2.45 bits per heavy atom. The van der Waals surface area contributed by atoms with Gasteiger partial charge in [-0.25, -0.2) is 0 Å². The van der Waals surface area contributed by atoms with Crippen LogP contribution in [0.15, 0.2) is 24.3 Å². The van der Waals surface area contributed by atoms with Crippen molar-refractivity contribution in [1.82, 2.24) is 9.80 Å². The summed E-state index contributed by atoms with van der Waals surface area (Å²) >= 11 is 0. The summed E-state index contributed by atoms with van der Waals surface area (Å²) < 4.78 is 5.76. The summed E-state index contributed by atoms with van der Waals surface area (Å²) in [5.74, 6) is 0.358. The molecule has 1 aromatic carbocycles. The van der Waals surface area contributed by atoms with Crippen molar-refractivity contribution in [3.63, 3.8) is 0 Å². The highest BCUT2D eigenvalue weighted by atomic mass is 16.6. The molecule has 0 bridgehead atoms. The third kappa shape index (κ3) is 6.12. The van der Waals surface area contributed by atoms with Crippen LogP contribution in [0.4, 0.5) is 0 Å². The van der Waals surface area contributed by atoms with Crippen molar-refractivity contribution in [2.24, 2.45) is 5.41 Å². The Labute approximate surface area is 195 Å². The molecule has 0 aromatic heterocycles. The summed E-state index contributed by atoms with van der Waals surface area (Å²) in [6.45, 7) is 7.68. The number of likely N-dealkylation sites (tertiary alicyclic amines) is 2. The number of piperidine rings is 2. The van der Waals surface area contributed by atoms with E-state index in [-0.39, 0.29) is 30.6 Å². The van der Waals surface area contributed by atoms with Crippen molar-refractivity contribution in [3.8, 4) is 0 Å². The second kappa shape index (κ2) is 11.1. The molecule has 2 N–H and O–H groups in total. The molecule has 3 saturated heterocycles. The number of esters is 1. The van der Waals surface area contributed by atoms with Gasteiger partial charge in [-0.1, -0.05) is 26.0 Å². The minimum absolute atomic E-state index is 0.0575. The second-order valence-corrected chi connectivity index (χ2v) is 9.72. The van der Waals surface area contributed by atoms with Crippen molar-refractivity contribution < 1.29 is 29.3 Å². The van der Waals surface area contributed by atoms with Gasteiger partial charge < -0.3 is 19.8 Å². The summed E-state index contributed by atoms with van der Waals surface area (Å²) in [5.41, 5.74) is 1.47. The van der Waals surface area contributed by atoms with Gasteiger partial charge in [0.1, 0.15) is 6.10 Å². The molecule has 1 atom stereocenters. The van der Waals surface area contributed by atoms with Crippen molar-refractivity contribution in [3.05, 3.63) is 35.4 Å². The maximum atomic E-state index is 13.0. The van der Waals surface area contributed by atoms with Gasteiger partial charge in [0, 0.05) is 44.7 Å². The highest BCUT2D eigenvalue weighted by Gasteiger charge is 2.51. The first-order valence-electron chi connectivity index (χ1n) is 11.9. The van der Waals surface area contributed by atoms with Crippen LogP contribution >= 0.6 is 0 Å². The highest BCUT2D eigenvalue weighted by molar-refractivity contribution is 5.94. The number of amides is 1. The van der Waals surface area contributed by atoms with Crippen LogP contribution in [0.2, 0.25) is 0 Å². The Morgan fingerprint density at radius 2 is 1.85 bits per heavy atom. The van der Waals surface area contributed by atoms with Crippen LogP contribution < -0.4 is 0 Å². The van der Waals surface area contributed by atoms with E-state index in [1.54, 1.807) is 0 Å². The molecule has 3 fully saturated rings. The number of hydrogen-bond acceptors (Lipinski definition) is 6. The fraction of sp³-hybridized carbons (Fsp3) is 0.640. The van der Waals surface area contributed by atoms with E-state index < -0.39 is 5.41 Å². The lowest BCUT2D eigenvalue weighted by Gasteiger charge is -2.37. The quantitative estimate of drug-likeness (QED) is 0.525. The Hall–Kier alpha value is -2.45. The second-order valence-electron chi connectivity index (χ2n) is 9.72. The molecule has 4 rings (SSSR count). The molecule has 3 aliphatic heterocycles. The van der Waals surface area contributed by atoms with Crippen molar-refractivity contribution in [2.45, 2.75) is 64.1 Å². The first kappa shape index (κ1) is 25.2. The molecule has 1 unspecified atom stereocenters. The predicted octanol–water partition coefficient (Wildman–Crippen LogP) is 2.51. The van der Waals surface area contributed by atoms with Crippen LogP contribution in [-0.4, -0.2) is 83.3 Å². The molecular formula is C25H36N2O6. The zero-order valence-corrected chi connectivity index (χ0v) is 19.6.